The fourth-order valence-electron chi connectivity index (χ4n) is 5.71. The van der Waals surface area contributed by atoms with Crippen molar-refractivity contribution in [1.29, 1.82) is 0 Å². The molecule has 0 saturated heterocycles. The minimum atomic E-state index is -1.12. The number of alkyl carbamates (subject to hydrolysis) is 2. The van der Waals surface area contributed by atoms with Gasteiger partial charge in [-0.2, -0.15) is 0 Å². The SMILES string of the molecule is COC(=O)N[C@H](C(=O)N[C@@H](CC[C@@H](Cc1ccc(C2=NCCS2=O)cc1)NC(=O)[C@@H](NC(=O)OC)C(C)(C)C)Cc1ccccc1)C(C)(C)C. The van der Waals surface area contributed by atoms with Gasteiger partial charge in [-0.15, -0.1) is 0 Å². The second-order valence-corrected chi connectivity index (χ2v) is 16.2. The number of carbonyl (C=O) groups is 4. The second kappa shape index (κ2) is 18.1. The monoisotopic (exact) mass is 711 g/mol. The van der Waals surface area contributed by atoms with E-state index < -0.39 is 51.9 Å². The van der Waals surface area contributed by atoms with Gasteiger partial charge < -0.3 is 30.7 Å². The van der Waals surface area contributed by atoms with Gasteiger partial charge in [0.1, 0.15) is 17.1 Å². The first-order valence-corrected chi connectivity index (χ1v) is 18.2. The van der Waals surface area contributed by atoms with E-state index >= 15 is 0 Å². The molecule has 2 aromatic rings. The van der Waals surface area contributed by atoms with Gasteiger partial charge in [0.2, 0.25) is 11.8 Å². The van der Waals surface area contributed by atoms with Crippen LogP contribution in [0.15, 0.2) is 59.6 Å². The Morgan fingerprint density at radius 1 is 0.700 bits per heavy atom. The fourth-order valence-corrected chi connectivity index (χ4v) is 6.80. The normalized spacial score (nSPS) is 17.0. The van der Waals surface area contributed by atoms with Crippen LogP contribution in [-0.4, -0.2) is 83.9 Å². The van der Waals surface area contributed by atoms with Gasteiger partial charge in [0.05, 0.1) is 31.6 Å². The molecule has 12 nitrogen and oxygen atoms in total. The predicted octanol–water partition coefficient (Wildman–Crippen LogP) is 4.27. The van der Waals surface area contributed by atoms with Crippen molar-refractivity contribution in [3.8, 4) is 0 Å². The molecule has 0 saturated carbocycles. The minimum absolute atomic E-state index is 0.345. The Morgan fingerprint density at radius 3 is 1.52 bits per heavy atom. The molecule has 0 aromatic heterocycles. The van der Waals surface area contributed by atoms with Crippen LogP contribution in [0.3, 0.4) is 0 Å². The van der Waals surface area contributed by atoms with Crippen LogP contribution in [0.2, 0.25) is 0 Å². The molecule has 0 spiro atoms. The van der Waals surface area contributed by atoms with Crippen molar-refractivity contribution >= 4 is 39.8 Å². The Morgan fingerprint density at radius 2 is 1.14 bits per heavy atom. The maximum atomic E-state index is 13.8. The van der Waals surface area contributed by atoms with Crippen molar-refractivity contribution in [1.82, 2.24) is 21.3 Å². The van der Waals surface area contributed by atoms with E-state index in [0.717, 1.165) is 16.7 Å². The summed E-state index contributed by atoms with van der Waals surface area (Å²) < 4.78 is 21.9. The van der Waals surface area contributed by atoms with E-state index in [1.54, 1.807) is 0 Å². The van der Waals surface area contributed by atoms with Crippen molar-refractivity contribution < 1.29 is 32.9 Å². The summed E-state index contributed by atoms with van der Waals surface area (Å²) >= 11 is 0. The first-order valence-electron chi connectivity index (χ1n) is 16.9. The minimum Gasteiger partial charge on any atom is -0.453 e. The van der Waals surface area contributed by atoms with E-state index in [1.165, 1.54) is 14.2 Å². The van der Waals surface area contributed by atoms with Gasteiger partial charge in [-0.25, -0.2) is 9.59 Å². The van der Waals surface area contributed by atoms with E-state index in [2.05, 4.69) is 26.3 Å². The van der Waals surface area contributed by atoms with Gasteiger partial charge in [-0.3, -0.25) is 18.8 Å². The third kappa shape index (κ3) is 12.3. The molecule has 4 N–H and O–H groups in total. The Kier molecular flexibility index (Phi) is 14.6. The molecule has 274 valence electrons. The topological polar surface area (TPSA) is 164 Å². The molecule has 4 amide bonds. The average molecular weight is 712 g/mol. The van der Waals surface area contributed by atoms with Crippen LogP contribution in [-0.2, 0) is 42.7 Å². The molecular formula is C37H53N5O7S. The van der Waals surface area contributed by atoms with Gasteiger partial charge in [-0.1, -0.05) is 96.1 Å². The second-order valence-electron chi connectivity index (χ2n) is 14.7. The van der Waals surface area contributed by atoms with Gasteiger partial charge in [-0.05, 0) is 47.6 Å². The Labute approximate surface area is 298 Å². The number of ether oxygens (including phenoxy) is 2. The number of amides is 4. The maximum absolute atomic E-state index is 13.8. The lowest BCUT2D eigenvalue weighted by Crippen LogP contribution is -2.56. The summed E-state index contributed by atoms with van der Waals surface area (Å²) in [5.41, 5.74) is 1.53. The van der Waals surface area contributed by atoms with Crippen LogP contribution in [0, 0.1) is 10.8 Å². The largest absolute Gasteiger partial charge is 0.453 e. The van der Waals surface area contributed by atoms with Crippen molar-refractivity contribution in [3.05, 3.63) is 71.3 Å². The molecule has 3 rings (SSSR count). The van der Waals surface area contributed by atoms with Crippen molar-refractivity contribution in [2.24, 2.45) is 15.8 Å². The number of hydrogen-bond acceptors (Lipinski definition) is 8. The number of hydrogen-bond donors (Lipinski definition) is 4. The standard InChI is InChI=1S/C37H53N5O7S/c1-36(2,3)29(41-34(45)48-7)31(43)39-27(22-24-12-10-9-11-13-24)18-19-28(40-32(44)30(37(4,5)6)42-35(46)49-8)23-25-14-16-26(17-15-25)33-38-20-21-50(33)47/h9-17,27-30H,18-23H2,1-8H3,(H,39,43)(H,40,44)(H,41,45)(H,42,46)/t27-,28-,29+,30+,50?/m0/s1. The van der Waals surface area contributed by atoms with Crippen LogP contribution in [0.25, 0.3) is 0 Å². The van der Waals surface area contributed by atoms with Crippen LogP contribution in [0.5, 0.6) is 0 Å². The molecule has 1 heterocycles. The number of carbonyl (C=O) groups excluding carboxylic acids is 4. The molecule has 50 heavy (non-hydrogen) atoms. The average Bonchev–Trinajstić information content (AvgIpc) is 3.49. The molecule has 1 aliphatic heterocycles. The van der Waals surface area contributed by atoms with E-state index in [9.17, 15) is 23.4 Å². The summed E-state index contributed by atoms with van der Waals surface area (Å²) in [5, 5.41) is 12.3. The van der Waals surface area contributed by atoms with Crippen LogP contribution in [0.1, 0.15) is 71.1 Å². The van der Waals surface area contributed by atoms with Crippen molar-refractivity contribution in [2.75, 3.05) is 26.5 Å². The Bertz CT molecular complexity index is 1520. The highest BCUT2D eigenvalue weighted by atomic mass is 32.2. The van der Waals surface area contributed by atoms with Gasteiger partial charge in [0.15, 0.2) is 0 Å². The molecule has 0 aliphatic carbocycles. The zero-order valence-corrected chi connectivity index (χ0v) is 31.3. The molecule has 1 unspecified atom stereocenters. The van der Waals surface area contributed by atoms with E-state index in [0.29, 0.717) is 43.0 Å². The number of rotatable bonds is 14. The summed E-state index contributed by atoms with van der Waals surface area (Å²) in [6, 6.07) is 15.0. The molecule has 0 bridgehead atoms. The molecule has 1 aliphatic rings. The zero-order chi connectivity index (χ0) is 37.1. The van der Waals surface area contributed by atoms with Gasteiger partial charge >= 0.3 is 12.2 Å². The van der Waals surface area contributed by atoms with Crippen LogP contribution < -0.4 is 21.3 Å². The van der Waals surface area contributed by atoms with E-state index in [4.69, 9.17) is 9.47 Å². The molecule has 0 radical (unpaired) electrons. The summed E-state index contributed by atoms with van der Waals surface area (Å²) in [6.45, 7) is 11.7. The lowest BCUT2D eigenvalue weighted by Gasteiger charge is -2.33. The maximum Gasteiger partial charge on any atom is 0.407 e. The molecular weight excluding hydrogens is 659 g/mol. The molecule has 5 atom stereocenters. The molecule has 0 fully saturated rings. The quantitative estimate of drug-likeness (QED) is 0.227. The summed E-state index contributed by atoms with van der Waals surface area (Å²) in [4.78, 5) is 56.3. The number of benzene rings is 2. The number of aliphatic imine (C=N–C) groups is 1. The summed E-state index contributed by atoms with van der Waals surface area (Å²) in [7, 11) is 1.38. The van der Waals surface area contributed by atoms with Crippen LogP contribution in [0.4, 0.5) is 9.59 Å². The predicted molar refractivity (Wildman–Crippen MR) is 195 cm³/mol. The number of nitrogens with one attached hydrogen (secondary N) is 4. The van der Waals surface area contributed by atoms with Crippen molar-refractivity contribution in [3.63, 3.8) is 0 Å². The van der Waals surface area contributed by atoms with E-state index in [1.807, 2.05) is 96.1 Å². The van der Waals surface area contributed by atoms with E-state index in [-0.39, 0.29) is 17.9 Å². The molecule has 13 heteroatoms. The lowest BCUT2D eigenvalue weighted by atomic mass is 9.85. The Hall–Kier alpha value is -4.26. The molecule has 2 aromatic carbocycles. The highest BCUT2D eigenvalue weighted by Crippen LogP contribution is 2.23. The number of methoxy groups -OCH3 is 2. The first-order chi connectivity index (χ1) is 23.5. The highest BCUT2D eigenvalue weighted by Gasteiger charge is 2.36. The first kappa shape index (κ1) is 40.2. The zero-order valence-electron chi connectivity index (χ0n) is 30.5. The summed E-state index contributed by atoms with van der Waals surface area (Å²) in [6.07, 6.45) is 0.524. The third-order valence-corrected chi connectivity index (χ3v) is 9.81. The van der Waals surface area contributed by atoms with Gasteiger partial charge in [0.25, 0.3) is 0 Å². The van der Waals surface area contributed by atoms with Gasteiger partial charge in [0, 0.05) is 23.4 Å². The number of nitrogens with zero attached hydrogens (tertiary/aromatic N) is 1. The summed E-state index contributed by atoms with van der Waals surface area (Å²) in [5.74, 6) is -0.184. The van der Waals surface area contributed by atoms with Crippen LogP contribution >= 0.6 is 0 Å². The van der Waals surface area contributed by atoms with Crippen molar-refractivity contribution in [2.45, 2.75) is 91.4 Å². The highest BCUT2D eigenvalue weighted by molar-refractivity contribution is 8.01. The Balaban J connectivity index is 1.90. The lowest BCUT2D eigenvalue weighted by molar-refractivity contribution is -0.127. The fraction of sp³-hybridized carbons (Fsp3) is 0.541. The smallest absolute Gasteiger partial charge is 0.407 e. The third-order valence-electron chi connectivity index (χ3n) is 8.46.